The number of hydrogen-bond acceptors (Lipinski definition) is 1. The lowest BCUT2D eigenvalue weighted by molar-refractivity contribution is 0.409. The van der Waals surface area contributed by atoms with E-state index in [2.05, 4.69) is 0 Å². The van der Waals surface area contributed by atoms with Gasteiger partial charge < -0.3 is 4.74 Å². The van der Waals surface area contributed by atoms with Crippen LogP contribution in [0.4, 0.5) is 8.78 Å². The largest absolute Gasteiger partial charge is 0.496 e. The van der Waals surface area contributed by atoms with Crippen LogP contribution in [-0.2, 0) is 6.42 Å². The van der Waals surface area contributed by atoms with Crippen LogP contribution in [0.25, 0.3) is 0 Å². The molecule has 0 amide bonds. The van der Waals surface area contributed by atoms with E-state index in [0.717, 1.165) is 5.56 Å². The summed E-state index contributed by atoms with van der Waals surface area (Å²) < 4.78 is 33.1. The number of methoxy groups -OCH3 is 1. The van der Waals surface area contributed by atoms with Crippen LogP contribution in [0.3, 0.4) is 0 Å². The van der Waals surface area contributed by atoms with Gasteiger partial charge in [-0.2, -0.15) is 0 Å². The molecule has 0 radical (unpaired) electrons. The van der Waals surface area contributed by atoms with E-state index in [1.165, 1.54) is 12.1 Å². The molecule has 0 saturated carbocycles. The minimum atomic E-state index is -0.786. The van der Waals surface area contributed by atoms with Crippen LogP contribution in [0.1, 0.15) is 22.1 Å². The fourth-order valence-electron chi connectivity index (χ4n) is 2.13. The maximum absolute atomic E-state index is 14.0. The van der Waals surface area contributed by atoms with Crippen molar-refractivity contribution < 1.29 is 13.5 Å². The first kappa shape index (κ1) is 14.8. The van der Waals surface area contributed by atoms with E-state index in [-0.39, 0.29) is 5.56 Å². The van der Waals surface area contributed by atoms with E-state index < -0.39 is 17.0 Å². The molecule has 0 heterocycles. The molecule has 0 bridgehead atoms. The number of ether oxygens (including phenoxy) is 1. The Morgan fingerprint density at radius 3 is 2.55 bits per heavy atom. The number of benzene rings is 2. The highest BCUT2D eigenvalue weighted by molar-refractivity contribution is 6.21. The van der Waals surface area contributed by atoms with Gasteiger partial charge in [-0.05, 0) is 36.6 Å². The maximum atomic E-state index is 14.0. The molecule has 0 fully saturated rings. The summed E-state index contributed by atoms with van der Waals surface area (Å²) in [6, 6.07) is 9.94. The summed E-state index contributed by atoms with van der Waals surface area (Å²) >= 11 is 6.22. The molecule has 1 atom stereocenters. The Morgan fingerprint density at radius 2 is 1.85 bits per heavy atom. The quantitative estimate of drug-likeness (QED) is 0.736. The van der Waals surface area contributed by atoms with E-state index in [0.29, 0.717) is 17.7 Å². The van der Waals surface area contributed by atoms with Crippen molar-refractivity contribution in [1.82, 2.24) is 0 Å². The van der Waals surface area contributed by atoms with E-state index in [9.17, 15) is 8.78 Å². The minimum Gasteiger partial charge on any atom is -0.496 e. The lowest BCUT2D eigenvalue weighted by Gasteiger charge is -2.15. The van der Waals surface area contributed by atoms with Gasteiger partial charge in [-0.1, -0.05) is 24.3 Å². The van der Waals surface area contributed by atoms with Crippen LogP contribution < -0.4 is 4.74 Å². The van der Waals surface area contributed by atoms with Crippen LogP contribution in [0.15, 0.2) is 36.4 Å². The van der Waals surface area contributed by atoms with Gasteiger partial charge in [-0.3, -0.25) is 0 Å². The van der Waals surface area contributed by atoms with E-state index in [1.807, 2.05) is 18.2 Å². The maximum Gasteiger partial charge on any atom is 0.133 e. The van der Waals surface area contributed by atoms with Gasteiger partial charge in [-0.25, -0.2) is 8.78 Å². The lowest BCUT2D eigenvalue weighted by atomic mass is 10.0. The van der Waals surface area contributed by atoms with Crippen molar-refractivity contribution in [1.29, 1.82) is 0 Å². The summed E-state index contributed by atoms with van der Waals surface area (Å²) in [7, 11) is 1.55. The second kappa shape index (κ2) is 6.23. The molecule has 106 valence electrons. The fraction of sp³-hybridized carbons (Fsp3) is 0.250. The monoisotopic (exact) mass is 296 g/mol. The number of alkyl halides is 1. The Bertz CT molecular complexity index is 613. The molecule has 20 heavy (non-hydrogen) atoms. The van der Waals surface area contributed by atoms with Crippen LogP contribution >= 0.6 is 11.6 Å². The van der Waals surface area contributed by atoms with Gasteiger partial charge in [0.15, 0.2) is 0 Å². The van der Waals surface area contributed by atoms with Crippen molar-refractivity contribution >= 4 is 11.6 Å². The SMILES string of the molecule is COc1ccccc1CC(Cl)c1c(F)ccc(C)c1F. The first-order valence-corrected chi connectivity index (χ1v) is 6.68. The Kier molecular flexibility index (Phi) is 4.61. The Balaban J connectivity index is 2.33. The highest BCUT2D eigenvalue weighted by Crippen LogP contribution is 2.33. The summed E-state index contributed by atoms with van der Waals surface area (Å²) in [5, 5.41) is -0.786. The number of halogens is 3. The lowest BCUT2D eigenvalue weighted by Crippen LogP contribution is -2.05. The molecule has 2 aromatic carbocycles. The molecule has 0 N–H and O–H groups in total. The van der Waals surface area contributed by atoms with E-state index in [4.69, 9.17) is 16.3 Å². The molecule has 0 saturated heterocycles. The third-order valence-corrected chi connectivity index (χ3v) is 3.60. The summed E-state index contributed by atoms with van der Waals surface area (Å²) in [5.41, 5.74) is 1.11. The molecule has 2 aromatic rings. The third-order valence-electron chi connectivity index (χ3n) is 3.22. The summed E-state index contributed by atoms with van der Waals surface area (Å²) in [6.07, 6.45) is 0.295. The molecular weight excluding hydrogens is 282 g/mol. The van der Waals surface area contributed by atoms with E-state index >= 15 is 0 Å². The minimum absolute atomic E-state index is 0.0856. The topological polar surface area (TPSA) is 9.23 Å². The molecule has 0 aliphatic heterocycles. The summed E-state index contributed by atoms with van der Waals surface area (Å²) in [6.45, 7) is 1.59. The zero-order valence-electron chi connectivity index (χ0n) is 11.3. The van der Waals surface area contributed by atoms with Gasteiger partial charge in [0.25, 0.3) is 0 Å². The predicted octanol–water partition coefficient (Wildman–Crippen LogP) is 4.80. The van der Waals surface area contributed by atoms with Crippen LogP contribution in [-0.4, -0.2) is 7.11 Å². The van der Waals surface area contributed by atoms with Crippen LogP contribution in [0.2, 0.25) is 0 Å². The van der Waals surface area contributed by atoms with Crippen LogP contribution in [0.5, 0.6) is 5.75 Å². The molecular formula is C16H15ClF2O. The van der Waals surface area contributed by atoms with Crippen molar-refractivity contribution in [2.24, 2.45) is 0 Å². The first-order valence-electron chi connectivity index (χ1n) is 6.25. The van der Waals surface area contributed by atoms with Gasteiger partial charge in [0.2, 0.25) is 0 Å². The molecule has 0 aromatic heterocycles. The number of hydrogen-bond donors (Lipinski definition) is 0. The summed E-state index contributed by atoms with van der Waals surface area (Å²) in [5.74, 6) is -0.547. The highest BCUT2D eigenvalue weighted by atomic mass is 35.5. The van der Waals surface area contributed by atoms with Gasteiger partial charge in [-0.15, -0.1) is 11.6 Å². The number of para-hydroxylation sites is 1. The molecule has 4 heteroatoms. The second-order valence-corrected chi connectivity index (χ2v) is 5.10. The predicted molar refractivity (Wildman–Crippen MR) is 76.4 cm³/mol. The number of aryl methyl sites for hydroxylation is 1. The van der Waals surface area contributed by atoms with Crippen molar-refractivity contribution in [2.75, 3.05) is 7.11 Å². The molecule has 1 unspecified atom stereocenters. The zero-order valence-corrected chi connectivity index (χ0v) is 12.0. The van der Waals surface area contributed by atoms with Crippen molar-refractivity contribution in [2.45, 2.75) is 18.7 Å². The van der Waals surface area contributed by atoms with Gasteiger partial charge in [0.1, 0.15) is 17.4 Å². The van der Waals surface area contributed by atoms with Gasteiger partial charge in [0, 0.05) is 5.56 Å². The molecule has 0 aliphatic rings. The smallest absolute Gasteiger partial charge is 0.133 e. The average molecular weight is 297 g/mol. The standard InChI is InChI=1S/C16H15ClF2O/c1-10-7-8-13(18)15(16(10)19)12(17)9-11-5-3-4-6-14(11)20-2/h3-8,12H,9H2,1-2H3. The highest BCUT2D eigenvalue weighted by Gasteiger charge is 2.21. The van der Waals surface area contributed by atoms with Gasteiger partial charge >= 0.3 is 0 Å². The first-order chi connectivity index (χ1) is 9.54. The Labute approximate surface area is 122 Å². The Hall–Kier alpha value is -1.61. The fourth-order valence-corrected chi connectivity index (χ4v) is 2.50. The normalized spacial score (nSPS) is 12.2. The zero-order chi connectivity index (χ0) is 14.7. The van der Waals surface area contributed by atoms with Crippen molar-refractivity contribution in [3.8, 4) is 5.75 Å². The van der Waals surface area contributed by atoms with Crippen molar-refractivity contribution in [3.05, 3.63) is 64.7 Å². The average Bonchev–Trinajstić information content (AvgIpc) is 2.44. The number of rotatable bonds is 4. The van der Waals surface area contributed by atoms with Crippen molar-refractivity contribution in [3.63, 3.8) is 0 Å². The second-order valence-electron chi connectivity index (χ2n) is 4.58. The molecule has 0 spiro atoms. The molecule has 0 aliphatic carbocycles. The molecule has 1 nitrogen and oxygen atoms in total. The molecule has 2 rings (SSSR count). The third kappa shape index (κ3) is 2.93. The summed E-state index contributed by atoms with van der Waals surface area (Å²) in [4.78, 5) is 0. The van der Waals surface area contributed by atoms with E-state index in [1.54, 1.807) is 20.1 Å². The Morgan fingerprint density at radius 1 is 1.15 bits per heavy atom. The van der Waals surface area contributed by atoms with Crippen LogP contribution in [0, 0.1) is 18.6 Å². The van der Waals surface area contributed by atoms with Gasteiger partial charge in [0.05, 0.1) is 12.5 Å².